The molecule has 20 heavy (non-hydrogen) atoms. The molecule has 0 spiro atoms. The van der Waals surface area contributed by atoms with Gasteiger partial charge in [-0.1, -0.05) is 29.8 Å². The van der Waals surface area contributed by atoms with Gasteiger partial charge < -0.3 is 10.4 Å². The first-order valence-electron chi connectivity index (χ1n) is 6.22. The zero-order chi connectivity index (χ0) is 14.5. The van der Waals surface area contributed by atoms with E-state index in [1.165, 1.54) is 23.0 Å². The first kappa shape index (κ1) is 14.3. The summed E-state index contributed by atoms with van der Waals surface area (Å²) in [6, 6.07) is 9.50. The standard InChI is InChI=1S/C15H15NO3S/c1-10-2-4-11(5-3-10)6-7-13(17)16-14-12(15(18)19)8-9-20-14/h2-5,8-9H,6-7H2,1H3,(H,16,17)(H,18,19). The highest BCUT2D eigenvalue weighted by molar-refractivity contribution is 7.14. The fourth-order valence-corrected chi connectivity index (χ4v) is 2.57. The van der Waals surface area contributed by atoms with Crippen LogP contribution in [0.15, 0.2) is 35.7 Å². The molecular weight excluding hydrogens is 274 g/mol. The minimum Gasteiger partial charge on any atom is -0.478 e. The number of hydrogen-bond donors (Lipinski definition) is 2. The summed E-state index contributed by atoms with van der Waals surface area (Å²) in [5, 5.41) is 13.7. The number of carboxylic acids is 1. The van der Waals surface area contributed by atoms with E-state index in [1.54, 1.807) is 5.38 Å². The fourth-order valence-electron chi connectivity index (χ4n) is 1.78. The van der Waals surface area contributed by atoms with E-state index in [9.17, 15) is 9.59 Å². The fraction of sp³-hybridized carbons (Fsp3) is 0.200. The zero-order valence-corrected chi connectivity index (χ0v) is 11.9. The van der Waals surface area contributed by atoms with Crippen molar-refractivity contribution in [2.24, 2.45) is 0 Å². The predicted molar refractivity (Wildman–Crippen MR) is 79.4 cm³/mol. The summed E-state index contributed by atoms with van der Waals surface area (Å²) in [5.41, 5.74) is 2.41. The third kappa shape index (κ3) is 3.68. The Morgan fingerprint density at radius 1 is 1.20 bits per heavy atom. The summed E-state index contributed by atoms with van der Waals surface area (Å²) >= 11 is 1.22. The van der Waals surface area contributed by atoms with Crippen molar-refractivity contribution in [3.63, 3.8) is 0 Å². The van der Waals surface area contributed by atoms with Crippen molar-refractivity contribution in [2.45, 2.75) is 19.8 Å². The van der Waals surface area contributed by atoms with Gasteiger partial charge in [0.15, 0.2) is 0 Å². The lowest BCUT2D eigenvalue weighted by molar-refractivity contribution is -0.116. The van der Waals surface area contributed by atoms with Crippen LogP contribution in [0.4, 0.5) is 5.00 Å². The summed E-state index contributed by atoms with van der Waals surface area (Å²) in [4.78, 5) is 22.8. The SMILES string of the molecule is Cc1ccc(CCC(=O)Nc2sccc2C(=O)O)cc1. The number of benzene rings is 1. The molecule has 0 fully saturated rings. The molecule has 1 amide bonds. The van der Waals surface area contributed by atoms with Crippen LogP contribution in [0.25, 0.3) is 0 Å². The molecule has 0 saturated carbocycles. The van der Waals surface area contributed by atoms with E-state index in [4.69, 9.17) is 5.11 Å². The second-order valence-corrected chi connectivity index (χ2v) is 5.42. The quantitative estimate of drug-likeness (QED) is 0.887. The molecule has 0 aliphatic carbocycles. The third-order valence-corrected chi connectivity index (χ3v) is 3.74. The number of rotatable bonds is 5. The minimum absolute atomic E-state index is 0.138. The number of amides is 1. The van der Waals surface area contributed by atoms with Crippen molar-refractivity contribution < 1.29 is 14.7 Å². The van der Waals surface area contributed by atoms with E-state index in [1.807, 2.05) is 31.2 Å². The molecule has 2 rings (SSSR count). The van der Waals surface area contributed by atoms with Crippen LogP contribution in [0.3, 0.4) is 0 Å². The Labute approximate surface area is 121 Å². The summed E-state index contributed by atoms with van der Waals surface area (Å²) in [7, 11) is 0. The first-order valence-corrected chi connectivity index (χ1v) is 7.10. The maximum atomic E-state index is 11.8. The number of carboxylic acid groups (broad SMARTS) is 1. The van der Waals surface area contributed by atoms with E-state index >= 15 is 0 Å². The Morgan fingerprint density at radius 3 is 2.55 bits per heavy atom. The Bertz CT molecular complexity index is 616. The lowest BCUT2D eigenvalue weighted by Gasteiger charge is -2.05. The second-order valence-electron chi connectivity index (χ2n) is 4.50. The lowest BCUT2D eigenvalue weighted by Crippen LogP contribution is -2.13. The average Bonchev–Trinajstić information content (AvgIpc) is 2.86. The Kier molecular flexibility index (Phi) is 4.53. The molecule has 5 heteroatoms. The highest BCUT2D eigenvalue weighted by atomic mass is 32.1. The van der Waals surface area contributed by atoms with Crippen molar-refractivity contribution in [3.8, 4) is 0 Å². The smallest absolute Gasteiger partial charge is 0.338 e. The summed E-state index contributed by atoms with van der Waals surface area (Å²) in [5.74, 6) is -1.20. The number of nitrogens with one attached hydrogen (secondary N) is 1. The number of carbonyl (C=O) groups is 2. The Morgan fingerprint density at radius 2 is 1.90 bits per heavy atom. The van der Waals surface area contributed by atoms with Crippen molar-refractivity contribution in [2.75, 3.05) is 5.32 Å². The van der Waals surface area contributed by atoms with Crippen molar-refractivity contribution in [1.29, 1.82) is 0 Å². The second kappa shape index (κ2) is 6.34. The van der Waals surface area contributed by atoms with Crippen LogP contribution in [0.1, 0.15) is 27.9 Å². The molecule has 1 aromatic carbocycles. The van der Waals surface area contributed by atoms with Crippen LogP contribution in [-0.4, -0.2) is 17.0 Å². The van der Waals surface area contributed by atoms with Crippen LogP contribution < -0.4 is 5.32 Å². The molecule has 1 aromatic heterocycles. The predicted octanol–water partition coefficient (Wildman–Crippen LogP) is 3.33. The molecule has 1 heterocycles. The van der Waals surface area contributed by atoms with Crippen molar-refractivity contribution >= 4 is 28.2 Å². The van der Waals surface area contributed by atoms with E-state index in [2.05, 4.69) is 5.32 Å². The molecule has 0 aliphatic heterocycles. The maximum absolute atomic E-state index is 11.8. The van der Waals surface area contributed by atoms with Gasteiger partial charge in [-0.15, -0.1) is 11.3 Å². The number of anilines is 1. The number of aryl methyl sites for hydroxylation is 2. The van der Waals surface area contributed by atoms with Crippen LogP contribution in [0.2, 0.25) is 0 Å². The molecular formula is C15H15NO3S. The molecule has 2 N–H and O–H groups in total. The molecule has 4 nitrogen and oxygen atoms in total. The molecule has 0 radical (unpaired) electrons. The summed E-state index contributed by atoms with van der Waals surface area (Å²) < 4.78 is 0. The molecule has 0 unspecified atom stereocenters. The normalized spacial score (nSPS) is 10.2. The maximum Gasteiger partial charge on any atom is 0.338 e. The highest BCUT2D eigenvalue weighted by Gasteiger charge is 2.13. The topological polar surface area (TPSA) is 66.4 Å². The first-order chi connectivity index (χ1) is 9.56. The van der Waals surface area contributed by atoms with Gasteiger partial charge in [0.25, 0.3) is 0 Å². The molecule has 0 saturated heterocycles. The largest absolute Gasteiger partial charge is 0.478 e. The highest BCUT2D eigenvalue weighted by Crippen LogP contribution is 2.23. The van der Waals surface area contributed by atoms with Crippen molar-refractivity contribution in [1.82, 2.24) is 0 Å². The van der Waals surface area contributed by atoms with Gasteiger partial charge in [-0.05, 0) is 30.4 Å². The number of aromatic carboxylic acids is 1. The molecule has 0 atom stereocenters. The van der Waals surface area contributed by atoms with Crippen molar-refractivity contribution in [3.05, 3.63) is 52.4 Å². The van der Waals surface area contributed by atoms with E-state index < -0.39 is 5.97 Å². The molecule has 2 aromatic rings. The molecule has 0 bridgehead atoms. The van der Waals surface area contributed by atoms with E-state index in [-0.39, 0.29) is 11.5 Å². The lowest BCUT2D eigenvalue weighted by atomic mass is 10.1. The van der Waals surface area contributed by atoms with Gasteiger partial charge in [-0.25, -0.2) is 4.79 Å². The number of thiophene rings is 1. The van der Waals surface area contributed by atoms with Gasteiger partial charge in [0, 0.05) is 6.42 Å². The van der Waals surface area contributed by atoms with Crippen LogP contribution >= 0.6 is 11.3 Å². The van der Waals surface area contributed by atoms with Gasteiger partial charge in [-0.2, -0.15) is 0 Å². The third-order valence-electron chi connectivity index (χ3n) is 2.91. The van der Waals surface area contributed by atoms with Crippen LogP contribution in [-0.2, 0) is 11.2 Å². The number of carbonyl (C=O) groups excluding carboxylic acids is 1. The molecule has 104 valence electrons. The van der Waals surface area contributed by atoms with Gasteiger partial charge in [0.1, 0.15) is 5.00 Å². The number of hydrogen-bond acceptors (Lipinski definition) is 3. The van der Waals surface area contributed by atoms with Gasteiger partial charge in [-0.3, -0.25) is 4.79 Å². The van der Waals surface area contributed by atoms with E-state index in [0.717, 1.165) is 5.56 Å². The zero-order valence-electron chi connectivity index (χ0n) is 11.1. The summed E-state index contributed by atoms with van der Waals surface area (Å²) in [6.45, 7) is 2.01. The Balaban J connectivity index is 1.91. The minimum atomic E-state index is -1.03. The average molecular weight is 289 g/mol. The van der Waals surface area contributed by atoms with Crippen LogP contribution in [0.5, 0.6) is 0 Å². The van der Waals surface area contributed by atoms with E-state index in [0.29, 0.717) is 17.8 Å². The van der Waals surface area contributed by atoms with Gasteiger partial charge in [0.2, 0.25) is 5.91 Å². The van der Waals surface area contributed by atoms with Gasteiger partial charge in [0.05, 0.1) is 5.56 Å². The van der Waals surface area contributed by atoms with Crippen LogP contribution in [0, 0.1) is 6.92 Å². The summed E-state index contributed by atoms with van der Waals surface area (Å²) in [6.07, 6.45) is 0.972. The molecule has 0 aliphatic rings. The van der Waals surface area contributed by atoms with Gasteiger partial charge >= 0.3 is 5.97 Å². The monoisotopic (exact) mass is 289 g/mol. The Hall–Kier alpha value is -2.14.